The maximum atomic E-state index is 12.3. The minimum absolute atomic E-state index is 0.231. The Morgan fingerprint density at radius 3 is 2.74 bits per heavy atom. The van der Waals surface area contributed by atoms with E-state index in [1.165, 1.54) is 17.4 Å². The first kappa shape index (κ1) is 14.0. The third kappa shape index (κ3) is 3.12. The molecule has 7 heteroatoms. The molecule has 0 unspecified atom stereocenters. The monoisotopic (exact) mass is 297 g/mol. The molecule has 0 aliphatic rings. The quantitative estimate of drug-likeness (QED) is 0.843. The number of aryl methyl sites for hydroxylation is 1. The molecule has 2 aromatic rings. The Labute approximate surface area is 116 Å². The highest BCUT2D eigenvalue weighted by Crippen LogP contribution is 2.22. The second kappa shape index (κ2) is 5.28. The summed E-state index contributed by atoms with van der Waals surface area (Å²) in [5.74, 6) is 0. The lowest BCUT2D eigenvalue weighted by Crippen LogP contribution is -2.24. The third-order valence-electron chi connectivity index (χ3n) is 2.85. The number of sulfonamides is 1. The Morgan fingerprint density at radius 2 is 2.11 bits per heavy atom. The summed E-state index contributed by atoms with van der Waals surface area (Å²) in [6.07, 6.45) is 1.64. The molecule has 3 N–H and O–H groups in total. The van der Waals surface area contributed by atoms with Crippen LogP contribution in [0.4, 0.5) is 5.69 Å². The SMILES string of the molecule is Cc1cc(N)cc(S(=O)(=O)NCc2cncs2)c1C. The van der Waals surface area contributed by atoms with Crippen molar-refractivity contribution in [3.63, 3.8) is 0 Å². The van der Waals surface area contributed by atoms with Gasteiger partial charge >= 0.3 is 0 Å². The van der Waals surface area contributed by atoms with Gasteiger partial charge in [-0.1, -0.05) is 0 Å². The fraction of sp³-hybridized carbons (Fsp3) is 0.250. The predicted molar refractivity (Wildman–Crippen MR) is 76.5 cm³/mol. The van der Waals surface area contributed by atoms with Crippen LogP contribution in [0.3, 0.4) is 0 Å². The minimum atomic E-state index is -3.56. The first-order chi connectivity index (χ1) is 8.90. The van der Waals surface area contributed by atoms with Crippen LogP contribution in [0.25, 0.3) is 0 Å². The van der Waals surface area contributed by atoms with E-state index in [1.54, 1.807) is 24.7 Å². The van der Waals surface area contributed by atoms with Gasteiger partial charge in [-0.15, -0.1) is 11.3 Å². The number of nitrogens with one attached hydrogen (secondary N) is 1. The van der Waals surface area contributed by atoms with Gasteiger partial charge < -0.3 is 5.73 Å². The highest BCUT2D eigenvalue weighted by atomic mass is 32.2. The summed E-state index contributed by atoms with van der Waals surface area (Å²) in [6.45, 7) is 3.85. The van der Waals surface area contributed by atoms with Crippen molar-refractivity contribution in [3.05, 3.63) is 39.8 Å². The second-order valence-corrected chi connectivity index (χ2v) is 6.96. The third-order valence-corrected chi connectivity index (χ3v) is 5.16. The van der Waals surface area contributed by atoms with E-state index in [0.29, 0.717) is 11.3 Å². The normalized spacial score (nSPS) is 11.7. The Balaban J connectivity index is 2.29. The van der Waals surface area contributed by atoms with Gasteiger partial charge in [-0.05, 0) is 37.1 Å². The maximum Gasteiger partial charge on any atom is 0.241 e. The van der Waals surface area contributed by atoms with E-state index in [4.69, 9.17) is 5.73 Å². The van der Waals surface area contributed by atoms with Crippen LogP contribution >= 0.6 is 11.3 Å². The Bertz CT molecular complexity index is 679. The molecule has 102 valence electrons. The van der Waals surface area contributed by atoms with E-state index >= 15 is 0 Å². The maximum absolute atomic E-state index is 12.3. The molecule has 1 heterocycles. The average Bonchev–Trinajstić information content (AvgIpc) is 2.84. The molecule has 0 saturated carbocycles. The van der Waals surface area contributed by atoms with E-state index in [9.17, 15) is 8.42 Å². The molecule has 5 nitrogen and oxygen atoms in total. The summed E-state index contributed by atoms with van der Waals surface area (Å²) in [5, 5.41) is 0. The standard InChI is InChI=1S/C12H15N3O2S2/c1-8-3-10(13)4-12(9(8)2)19(16,17)15-6-11-5-14-7-18-11/h3-5,7,15H,6,13H2,1-2H3. The molecular weight excluding hydrogens is 282 g/mol. The molecule has 0 aliphatic carbocycles. The smallest absolute Gasteiger partial charge is 0.241 e. The molecule has 2 rings (SSSR count). The van der Waals surface area contributed by atoms with Gasteiger partial charge in [-0.2, -0.15) is 0 Å². The van der Waals surface area contributed by atoms with Gasteiger partial charge in [0.2, 0.25) is 10.0 Å². The average molecular weight is 297 g/mol. The molecule has 0 amide bonds. The van der Waals surface area contributed by atoms with Gasteiger partial charge in [-0.25, -0.2) is 13.1 Å². The van der Waals surface area contributed by atoms with Crippen LogP contribution in [0.1, 0.15) is 16.0 Å². The lowest BCUT2D eigenvalue weighted by atomic mass is 10.1. The summed E-state index contributed by atoms with van der Waals surface area (Å²) in [6, 6.07) is 3.24. The molecule has 0 fully saturated rings. The van der Waals surface area contributed by atoms with Crippen molar-refractivity contribution < 1.29 is 8.42 Å². The molecule has 0 saturated heterocycles. The number of aromatic nitrogens is 1. The molecule has 0 aliphatic heterocycles. The highest BCUT2D eigenvalue weighted by molar-refractivity contribution is 7.89. The minimum Gasteiger partial charge on any atom is -0.399 e. The number of hydrogen-bond donors (Lipinski definition) is 2. The van der Waals surface area contributed by atoms with Crippen molar-refractivity contribution >= 4 is 27.0 Å². The highest BCUT2D eigenvalue weighted by Gasteiger charge is 2.18. The zero-order valence-corrected chi connectivity index (χ0v) is 12.3. The number of anilines is 1. The second-order valence-electron chi connectivity index (χ2n) is 4.25. The molecular formula is C12H15N3O2S2. The van der Waals surface area contributed by atoms with Crippen LogP contribution in [-0.2, 0) is 16.6 Å². The number of hydrogen-bond acceptors (Lipinski definition) is 5. The topological polar surface area (TPSA) is 85.1 Å². The zero-order valence-electron chi connectivity index (χ0n) is 10.7. The summed E-state index contributed by atoms with van der Waals surface area (Å²) in [7, 11) is -3.56. The first-order valence-electron chi connectivity index (χ1n) is 5.64. The van der Waals surface area contributed by atoms with Crippen molar-refractivity contribution in [2.45, 2.75) is 25.3 Å². The Hall–Kier alpha value is -1.44. The lowest BCUT2D eigenvalue weighted by molar-refractivity contribution is 0.581. The first-order valence-corrected chi connectivity index (χ1v) is 8.00. The zero-order chi connectivity index (χ0) is 14.0. The van der Waals surface area contributed by atoms with E-state index in [0.717, 1.165) is 10.4 Å². The van der Waals surface area contributed by atoms with Gasteiger partial charge in [-0.3, -0.25) is 4.98 Å². The Kier molecular flexibility index (Phi) is 3.88. The lowest BCUT2D eigenvalue weighted by Gasteiger charge is -2.11. The van der Waals surface area contributed by atoms with Crippen molar-refractivity contribution in [2.24, 2.45) is 0 Å². The van der Waals surface area contributed by atoms with E-state index in [1.807, 2.05) is 6.92 Å². The van der Waals surface area contributed by atoms with Crippen LogP contribution in [-0.4, -0.2) is 13.4 Å². The fourth-order valence-electron chi connectivity index (χ4n) is 1.71. The number of rotatable bonds is 4. The fourth-order valence-corrected chi connectivity index (χ4v) is 3.69. The molecule has 0 spiro atoms. The van der Waals surface area contributed by atoms with Crippen LogP contribution < -0.4 is 10.5 Å². The Morgan fingerprint density at radius 1 is 1.37 bits per heavy atom. The van der Waals surface area contributed by atoms with Crippen molar-refractivity contribution in [1.82, 2.24) is 9.71 Å². The van der Waals surface area contributed by atoms with E-state index < -0.39 is 10.0 Å². The van der Waals surface area contributed by atoms with Gasteiger partial charge in [0, 0.05) is 23.3 Å². The molecule has 1 aromatic carbocycles. The van der Waals surface area contributed by atoms with Gasteiger partial charge in [0.1, 0.15) is 0 Å². The molecule has 0 bridgehead atoms. The van der Waals surface area contributed by atoms with E-state index in [-0.39, 0.29) is 11.4 Å². The van der Waals surface area contributed by atoms with Crippen LogP contribution in [0.2, 0.25) is 0 Å². The largest absolute Gasteiger partial charge is 0.399 e. The molecule has 1 aromatic heterocycles. The van der Waals surface area contributed by atoms with Crippen LogP contribution in [0, 0.1) is 13.8 Å². The summed E-state index contributed by atoms with van der Waals surface area (Å²) in [4.78, 5) is 5.00. The van der Waals surface area contributed by atoms with E-state index in [2.05, 4.69) is 9.71 Å². The van der Waals surface area contributed by atoms with Crippen molar-refractivity contribution in [1.29, 1.82) is 0 Å². The number of nitrogen functional groups attached to an aromatic ring is 1. The van der Waals surface area contributed by atoms with Crippen LogP contribution in [0.15, 0.2) is 28.7 Å². The molecule has 19 heavy (non-hydrogen) atoms. The number of benzene rings is 1. The summed E-state index contributed by atoms with van der Waals surface area (Å²) >= 11 is 1.41. The number of nitrogens with zero attached hydrogens (tertiary/aromatic N) is 1. The molecule has 0 radical (unpaired) electrons. The summed E-state index contributed by atoms with van der Waals surface area (Å²) in [5.41, 5.74) is 9.40. The summed E-state index contributed by atoms with van der Waals surface area (Å²) < 4.78 is 27.1. The van der Waals surface area contributed by atoms with Gasteiger partial charge in [0.15, 0.2) is 0 Å². The van der Waals surface area contributed by atoms with Crippen molar-refractivity contribution in [3.8, 4) is 0 Å². The number of nitrogens with two attached hydrogens (primary N) is 1. The molecule has 0 atom stereocenters. The van der Waals surface area contributed by atoms with Crippen molar-refractivity contribution in [2.75, 3.05) is 5.73 Å². The number of thiazole rings is 1. The van der Waals surface area contributed by atoms with Gasteiger partial charge in [0.25, 0.3) is 0 Å². The van der Waals surface area contributed by atoms with Crippen LogP contribution in [0.5, 0.6) is 0 Å². The predicted octanol–water partition coefficient (Wildman–Crippen LogP) is 1.82. The van der Waals surface area contributed by atoms with Gasteiger partial charge in [0.05, 0.1) is 10.4 Å².